The maximum absolute atomic E-state index is 13.6. The Balaban J connectivity index is 1.31. The Hall–Kier alpha value is -3.43. The molecule has 1 aliphatic heterocycles. The number of benzene rings is 1. The smallest absolute Gasteiger partial charge is 0.322 e. The normalized spacial score (nSPS) is 22.0. The van der Waals surface area contributed by atoms with Gasteiger partial charge in [0.1, 0.15) is 11.6 Å². The van der Waals surface area contributed by atoms with Gasteiger partial charge in [0.25, 0.3) is 0 Å². The van der Waals surface area contributed by atoms with Gasteiger partial charge in [-0.25, -0.2) is 9.07 Å². The highest BCUT2D eigenvalue weighted by atomic mass is 19.1. The summed E-state index contributed by atoms with van der Waals surface area (Å²) >= 11 is 0. The molecule has 2 aliphatic rings. The van der Waals surface area contributed by atoms with Gasteiger partial charge < -0.3 is 19.7 Å². The SMILES string of the molecule is COc1cc(N2C[C@H]3CC[C@@H](C2)[C@H]3Nc2nc(Oc3cccc(F)c3)n(C(C)C)n2)cnn1. The largest absolute Gasteiger partial charge is 0.480 e. The lowest BCUT2D eigenvalue weighted by Crippen LogP contribution is -2.48. The quantitative estimate of drug-likeness (QED) is 0.576. The minimum absolute atomic E-state index is 0.0457. The summed E-state index contributed by atoms with van der Waals surface area (Å²) in [5.41, 5.74) is 1.03. The monoisotopic (exact) mass is 453 g/mol. The van der Waals surface area contributed by atoms with E-state index in [1.165, 1.54) is 12.1 Å². The van der Waals surface area contributed by atoms with E-state index in [0.29, 0.717) is 35.4 Å². The van der Waals surface area contributed by atoms with Gasteiger partial charge in [0.2, 0.25) is 11.8 Å². The molecular formula is C23H28FN7O2. The number of ether oxygens (including phenoxy) is 2. The Labute approximate surface area is 191 Å². The molecule has 3 heterocycles. The standard InChI is InChI=1S/C23H28FN7O2/c1-14(2)31-23(33-19-6-4-5-17(24)9-19)27-22(29-31)26-21-15-7-8-16(21)13-30(12-15)18-10-20(32-3)28-25-11-18/h4-6,9-11,14-16,21H,7-8,12-13H2,1-3H3,(H,26,29)/t15-,16+,21+. The lowest BCUT2D eigenvalue weighted by atomic mass is 9.92. The predicted octanol–water partition coefficient (Wildman–Crippen LogP) is 3.92. The van der Waals surface area contributed by atoms with Gasteiger partial charge in [-0.2, -0.15) is 10.1 Å². The molecule has 0 unspecified atom stereocenters. The van der Waals surface area contributed by atoms with Gasteiger partial charge in [0.15, 0.2) is 0 Å². The Kier molecular flexibility index (Phi) is 5.74. The Morgan fingerprint density at radius 2 is 1.94 bits per heavy atom. The van der Waals surface area contributed by atoms with Crippen LogP contribution >= 0.6 is 0 Å². The zero-order chi connectivity index (χ0) is 22.9. The maximum atomic E-state index is 13.6. The van der Waals surface area contributed by atoms with Crippen molar-refractivity contribution in [1.82, 2.24) is 25.0 Å². The molecular weight excluding hydrogens is 425 g/mol. The number of hydrogen-bond acceptors (Lipinski definition) is 8. The van der Waals surface area contributed by atoms with Crippen LogP contribution in [0.5, 0.6) is 17.6 Å². The van der Waals surface area contributed by atoms with E-state index in [2.05, 4.69) is 30.5 Å². The number of aromatic nitrogens is 5. The summed E-state index contributed by atoms with van der Waals surface area (Å²) in [6.07, 6.45) is 4.08. The topological polar surface area (TPSA) is 90.2 Å². The molecule has 0 spiro atoms. The van der Waals surface area contributed by atoms with Gasteiger partial charge in [-0.1, -0.05) is 6.07 Å². The number of nitrogens with zero attached hydrogens (tertiary/aromatic N) is 6. The number of rotatable bonds is 7. The average molecular weight is 454 g/mol. The Morgan fingerprint density at radius 3 is 2.64 bits per heavy atom. The molecule has 1 N–H and O–H groups in total. The summed E-state index contributed by atoms with van der Waals surface area (Å²) in [6, 6.07) is 8.64. The first-order chi connectivity index (χ1) is 16.0. The molecule has 3 aromatic rings. The molecule has 1 saturated carbocycles. The highest BCUT2D eigenvalue weighted by molar-refractivity contribution is 5.48. The molecule has 10 heteroatoms. The van der Waals surface area contributed by atoms with E-state index in [1.807, 2.05) is 19.9 Å². The van der Waals surface area contributed by atoms with E-state index >= 15 is 0 Å². The lowest BCUT2D eigenvalue weighted by molar-refractivity contribution is 0.371. The minimum atomic E-state index is -0.355. The summed E-state index contributed by atoms with van der Waals surface area (Å²) in [7, 11) is 1.60. The van der Waals surface area contributed by atoms with E-state index in [9.17, 15) is 4.39 Å². The summed E-state index contributed by atoms with van der Waals surface area (Å²) in [5.74, 6) is 2.02. The fourth-order valence-electron chi connectivity index (χ4n) is 4.84. The molecule has 1 aromatic carbocycles. The zero-order valence-electron chi connectivity index (χ0n) is 19.0. The molecule has 174 valence electrons. The molecule has 0 amide bonds. The number of hydrogen-bond donors (Lipinski definition) is 1. The van der Waals surface area contributed by atoms with Gasteiger partial charge in [0.05, 0.1) is 25.0 Å². The van der Waals surface area contributed by atoms with Crippen LogP contribution < -0.4 is 19.7 Å². The van der Waals surface area contributed by atoms with Gasteiger partial charge in [-0.3, -0.25) is 0 Å². The van der Waals surface area contributed by atoms with E-state index in [0.717, 1.165) is 31.6 Å². The van der Waals surface area contributed by atoms with Crippen molar-refractivity contribution >= 4 is 11.6 Å². The molecule has 9 nitrogen and oxygen atoms in total. The number of fused-ring (bicyclic) bond motifs is 2. The van der Waals surface area contributed by atoms with Crippen molar-refractivity contribution in [3.05, 3.63) is 42.3 Å². The van der Waals surface area contributed by atoms with Crippen LogP contribution in [0.2, 0.25) is 0 Å². The number of piperidine rings is 1. The predicted molar refractivity (Wildman–Crippen MR) is 121 cm³/mol. The Bertz CT molecular complexity index is 1110. The number of anilines is 2. The summed E-state index contributed by atoms with van der Waals surface area (Å²) in [5, 5.41) is 16.3. The first-order valence-electron chi connectivity index (χ1n) is 11.3. The van der Waals surface area contributed by atoms with Crippen molar-refractivity contribution in [2.24, 2.45) is 11.8 Å². The minimum Gasteiger partial charge on any atom is -0.480 e. The van der Waals surface area contributed by atoms with Crippen molar-refractivity contribution in [3.63, 3.8) is 0 Å². The molecule has 2 aromatic heterocycles. The molecule has 2 fully saturated rings. The van der Waals surface area contributed by atoms with Crippen LogP contribution in [-0.2, 0) is 0 Å². The third-order valence-electron chi connectivity index (χ3n) is 6.42. The van der Waals surface area contributed by atoms with Crippen LogP contribution in [-0.4, -0.2) is 51.2 Å². The fraction of sp³-hybridized carbons (Fsp3) is 0.478. The average Bonchev–Trinajstić information content (AvgIpc) is 3.29. The number of halogens is 1. The van der Waals surface area contributed by atoms with Crippen LogP contribution in [0.1, 0.15) is 32.7 Å². The first kappa shape index (κ1) is 21.4. The maximum Gasteiger partial charge on any atom is 0.322 e. The van der Waals surface area contributed by atoms with E-state index in [1.54, 1.807) is 30.1 Å². The Morgan fingerprint density at radius 1 is 1.15 bits per heavy atom. The third-order valence-corrected chi connectivity index (χ3v) is 6.42. The second kappa shape index (κ2) is 8.84. The first-order valence-corrected chi connectivity index (χ1v) is 11.3. The van der Waals surface area contributed by atoms with Crippen molar-refractivity contribution in [2.75, 3.05) is 30.4 Å². The van der Waals surface area contributed by atoms with Gasteiger partial charge >= 0.3 is 6.01 Å². The fourth-order valence-corrected chi connectivity index (χ4v) is 4.84. The van der Waals surface area contributed by atoms with Crippen molar-refractivity contribution in [2.45, 2.75) is 38.8 Å². The van der Waals surface area contributed by atoms with Gasteiger partial charge in [-0.05, 0) is 50.7 Å². The van der Waals surface area contributed by atoms with Gasteiger partial charge in [-0.15, -0.1) is 10.2 Å². The van der Waals surface area contributed by atoms with Crippen LogP contribution in [0.15, 0.2) is 36.5 Å². The van der Waals surface area contributed by atoms with Crippen molar-refractivity contribution in [1.29, 1.82) is 0 Å². The van der Waals surface area contributed by atoms with Gasteiger partial charge in [0, 0.05) is 31.3 Å². The van der Waals surface area contributed by atoms with Crippen molar-refractivity contribution < 1.29 is 13.9 Å². The van der Waals surface area contributed by atoms with Crippen LogP contribution in [0.3, 0.4) is 0 Å². The second-order valence-corrected chi connectivity index (χ2v) is 8.94. The molecule has 33 heavy (non-hydrogen) atoms. The summed E-state index contributed by atoms with van der Waals surface area (Å²) in [6.45, 7) is 5.85. The van der Waals surface area contributed by atoms with E-state index in [-0.39, 0.29) is 17.9 Å². The molecule has 2 bridgehead atoms. The summed E-state index contributed by atoms with van der Waals surface area (Å²) in [4.78, 5) is 6.95. The second-order valence-electron chi connectivity index (χ2n) is 8.94. The van der Waals surface area contributed by atoms with Crippen LogP contribution in [0, 0.1) is 17.7 Å². The van der Waals surface area contributed by atoms with Crippen LogP contribution in [0.4, 0.5) is 16.0 Å². The molecule has 0 radical (unpaired) electrons. The molecule has 1 aliphatic carbocycles. The molecule has 5 rings (SSSR count). The summed E-state index contributed by atoms with van der Waals surface area (Å²) < 4.78 is 26.4. The number of methoxy groups -OCH3 is 1. The van der Waals surface area contributed by atoms with Crippen molar-refractivity contribution in [3.8, 4) is 17.6 Å². The zero-order valence-corrected chi connectivity index (χ0v) is 19.0. The number of nitrogens with one attached hydrogen (secondary N) is 1. The lowest BCUT2D eigenvalue weighted by Gasteiger charge is -2.39. The highest BCUT2D eigenvalue weighted by Gasteiger charge is 2.43. The van der Waals surface area contributed by atoms with Crippen LogP contribution in [0.25, 0.3) is 0 Å². The molecule has 3 atom stereocenters. The third kappa shape index (κ3) is 4.42. The van der Waals surface area contributed by atoms with E-state index in [4.69, 9.17) is 9.47 Å². The van der Waals surface area contributed by atoms with E-state index < -0.39 is 0 Å². The highest BCUT2D eigenvalue weighted by Crippen LogP contribution is 2.40. The molecule has 1 saturated heterocycles.